The number of nitrogens with zero attached hydrogens (tertiary/aromatic N) is 3. The van der Waals surface area contributed by atoms with Gasteiger partial charge in [0.1, 0.15) is 17.9 Å². The third kappa shape index (κ3) is 10.9. The van der Waals surface area contributed by atoms with Crippen LogP contribution in [0.3, 0.4) is 0 Å². The number of ether oxygens (including phenoxy) is 1. The lowest BCUT2D eigenvalue weighted by Gasteiger charge is -2.58. The normalized spacial score (nSPS) is 37.6. The fraction of sp³-hybridized carbons (Fsp3) is 0.635. The highest BCUT2D eigenvalue weighted by Gasteiger charge is 2.72. The van der Waals surface area contributed by atoms with E-state index in [2.05, 4.69) is 54.3 Å². The summed E-state index contributed by atoms with van der Waals surface area (Å²) in [5, 5.41) is 51.8. The van der Waals surface area contributed by atoms with E-state index in [4.69, 9.17) is 14.9 Å². The summed E-state index contributed by atoms with van der Waals surface area (Å²) in [7, 11) is 2.03. The molecule has 502 valence electrons. The number of rotatable bonds is 7. The fourth-order valence-electron chi connectivity index (χ4n) is 20.9. The number of carbonyl (C=O) groups excluding carboxylic acids is 5. The van der Waals surface area contributed by atoms with Crippen LogP contribution >= 0.6 is 0 Å². The molecule has 12 aliphatic rings. The molecule has 17 atom stereocenters. The molecule has 0 unspecified atom stereocenters. The molecular weight excluding hydrogens is 1190 g/mol. The second-order valence-corrected chi connectivity index (χ2v) is 30.9. The van der Waals surface area contributed by atoms with E-state index in [9.17, 15) is 53.3 Å². The molecule has 8 aliphatic carbocycles. The van der Waals surface area contributed by atoms with Gasteiger partial charge in [0.25, 0.3) is 11.8 Å². The van der Waals surface area contributed by atoms with Crippen molar-refractivity contribution in [3.63, 3.8) is 0 Å². The number of aliphatic carboxylic acids is 2. The third-order valence-electron chi connectivity index (χ3n) is 25.6. The van der Waals surface area contributed by atoms with Crippen LogP contribution in [0.25, 0.3) is 16.5 Å². The molecule has 0 radical (unpaired) electrons. The van der Waals surface area contributed by atoms with Crippen LogP contribution in [-0.2, 0) is 51.1 Å². The summed E-state index contributed by atoms with van der Waals surface area (Å²) in [5.74, 6) is -2.67. The van der Waals surface area contributed by atoms with Gasteiger partial charge in [-0.1, -0.05) is 78.3 Å². The van der Waals surface area contributed by atoms with Gasteiger partial charge in [-0.3, -0.25) is 38.5 Å². The minimum atomic E-state index is -2.01. The Hall–Kier alpha value is -6.54. The van der Waals surface area contributed by atoms with Crippen LogP contribution in [0.15, 0.2) is 66.4 Å². The quantitative estimate of drug-likeness (QED) is 0.109. The summed E-state index contributed by atoms with van der Waals surface area (Å²) >= 11 is 0. The average Bonchev–Trinajstić information content (AvgIpc) is 1.56. The molecular formula is C74H96FN5O13. The highest BCUT2D eigenvalue weighted by atomic mass is 19.1. The number of carbonyl (C=O) groups is 7. The lowest BCUT2D eigenvalue weighted by Crippen LogP contribution is -2.72. The number of hydrogen-bond acceptors (Lipinski definition) is 12. The van der Waals surface area contributed by atoms with E-state index in [0.29, 0.717) is 73.3 Å². The number of aromatic nitrogens is 1. The Morgan fingerprint density at radius 1 is 0.828 bits per heavy atom. The number of fused-ring (bicyclic) bond motifs is 15. The molecule has 19 heteroatoms. The maximum Gasteiger partial charge on any atom is 0.328 e. The molecule has 0 spiro atoms. The Morgan fingerprint density at radius 2 is 1.53 bits per heavy atom. The van der Waals surface area contributed by atoms with Crippen molar-refractivity contribution in [1.29, 1.82) is 0 Å². The monoisotopic (exact) mass is 1280 g/mol. The maximum atomic E-state index is 14.3. The zero-order valence-corrected chi connectivity index (χ0v) is 55.5. The van der Waals surface area contributed by atoms with Gasteiger partial charge in [0.2, 0.25) is 17.5 Å². The van der Waals surface area contributed by atoms with Gasteiger partial charge in [0.05, 0.1) is 12.0 Å². The zero-order chi connectivity index (χ0) is 66.8. The molecule has 0 bridgehead atoms. The minimum Gasteiger partial charge on any atom is -0.505 e. The number of aromatic hydroxyl groups is 1. The van der Waals surface area contributed by atoms with Crippen LogP contribution in [0, 0.1) is 75.3 Å². The van der Waals surface area contributed by atoms with Crippen molar-refractivity contribution < 1.29 is 68.2 Å². The lowest BCUT2D eigenvalue weighted by molar-refractivity contribution is -0.323. The number of allylic oxidation sites excluding steroid dienone is 1. The first-order valence-corrected chi connectivity index (χ1v) is 34.5. The van der Waals surface area contributed by atoms with Crippen molar-refractivity contribution in [3.05, 3.63) is 94.5 Å². The smallest absolute Gasteiger partial charge is 0.328 e. The molecule has 3 amide bonds. The van der Waals surface area contributed by atoms with Crippen LogP contribution in [0.1, 0.15) is 180 Å². The molecule has 8 fully saturated rings. The number of H-pyrrole nitrogens is 1. The number of aromatic amines is 1. The molecule has 15 rings (SSSR count). The van der Waals surface area contributed by atoms with Crippen molar-refractivity contribution in [2.45, 2.75) is 206 Å². The topological polar surface area (TPSA) is 267 Å². The summed E-state index contributed by atoms with van der Waals surface area (Å²) in [4.78, 5) is 93.5. The van der Waals surface area contributed by atoms with Crippen molar-refractivity contribution >= 4 is 57.7 Å². The molecule has 4 aliphatic heterocycles. The van der Waals surface area contributed by atoms with Gasteiger partial charge in [-0.25, -0.2) is 14.0 Å². The lowest BCUT2D eigenvalue weighted by atomic mass is 9.47. The van der Waals surface area contributed by atoms with Crippen LogP contribution in [0.4, 0.5) is 4.39 Å². The van der Waals surface area contributed by atoms with Crippen LogP contribution in [0.2, 0.25) is 0 Å². The van der Waals surface area contributed by atoms with E-state index in [1.807, 2.05) is 45.2 Å². The van der Waals surface area contributed by atoms with Gasteiger partial charge in [0, 0.05) is 66.6 Å². The van der Waals surface area contributed by atoms with Crippen molar-refractivity contribution in [2.24, 2.45) is 69.5 Å². The summed E-state index contributed by atoms with van der Waals surface area (Å²) in [6.45, 7) is 17.2. The number of aliphatic hydroxyl groups is 2. The number of likely N-dealkylation sites (N-methyl/N-ethyl adjacent to an activating group) is 1. The Kier molecular flexibility index (Phi) is 17.6. The Labute approximate surface area is 544 Å². The summed E-state index contributed by atoms with van der Waals surface area (Å²) in [5.41, 5.74) is 6.64. The largest absolute Gasteiger partial charge is 0.505 e. The summed E-state index contributed by atoms with van der Waals surface area (Å²) < 4.78 is 20.6. The minimum absolute atomic E-state index is 0.0636. The SMILES string of the molecule is CC(=O)[C@H]1CC[C@H]2[C@@H]3CCC4=CC(=O)CC[C@]4(C)[C@H]3CC[C@]12C.CC(C)[C@@H]1C(=O)N2CCC[C@H]2[C@]2(O)O[C@](NC(=O)[C@@H]3C=C4c5cccc6[nH]cc(c56)C[C@H]4N(C)C3)(C(C)C)C(=O)N12.C[C@]12CC[C@@H]3c4ccc(O)c(F)c4CC[C@H]3[C@@H]1CC[C@@H]2O.O=C(O)/C=C\C(=O)O. The average molecular weight is 1280 g/mol. The number of nitrogens with one attached hydrogen (secondary N) is 2. The van der Waals surface area contributed by atoms with E-state index in [0.717, 1.165) is 116 Å². The molecule has 3 aromatic rings. The maximum absolute atomic E-state index is 14.3. The number of aliphatic hydroxyl groups excluding tert-OH is 1. The predicted octanol–water partition coefficient (Wildman–Crippen LogP) is 10.2. The van der Waals surface area contributed by atoms with E-state index >= 15 is 0 Å². The molecule has 93 heavy (non-hydrogen) atoms. The number of phenols is 1. The van der Waals surface area contributed by atoms with E-state index in [1.165, 1.54) is 53.2 Å². The number of halogens is 1. The predicted molar refractivity (Wildman–Crippen MR) is 346 cm³/mol. The van der Waals surface area contributed by atoms with Crippen LogP contribution < -0.4 is 5.32 Å². The number of carboxylic acids is 2. The molecule has 1 aromatic heterocycles. The van der Waals surface area contributed by atoms with E-state index in [-0.39, 0.29) is 51.9 Å². The van der Waals surface area contributed by atoms with Gasteiger partial charge in [-0.15, -0.1) is 0 Å². The second kappa shape index (κ2) is 24.6. The molecule has 5 saturated carbocycles. The zero-order valence-electron chi connectivity index (χ0n) is 55.5. The van der Waals surface area contributed by atoms with Crippen molar-refractivity contribution in [3.8, 4) is 5.75 Å². The summed E-state index contributed by atoms with van der Waals surface area (Å²) in [6, 6.07) is 8.24. The second-order valence-electron chi connectivity index (χ2n) is 30.9. The number of Topliss-reactive ketones (excluding diaryl/α,β-unsaturated/α-hetero) is 1. The van der Waals surface area contributed by atoms with Crippen molar-refractivity contribution in [1.82, 2.24) is 25.0 Å². The first-order valence-electron chi connectivity index (χ1n) is 34.5. The molecule has 18 nitrogen and oxygen atoms in total. The molecule has 5 heterocycles. The van der Waals surface area contributed by atoms with Gasteiger partial charge in [0.15, 0.2) is 17.3 Å². The Balaban J connectivity index is 0.000000135. The van der Waals surface area contributed by atoms with Gasteiger partial charge in [-0.2, -0.15) is 0 Å². The first kappa shape index (κ1) is 66.5. The van der Waals surface area contributed by atoms with Crippen LogP contribution in [0.5, 0.6) is 5.75 Å². The fourth-order valence-corrected chi connectivity index (χ4v) is 20.9. The first-order chi connectivity index (χ1) is 44.0. The van der Waals surface area contributed by atoms with Gasteiger partial charge in [-0.05, 0) is 220 Å². The Morgan fingerprint density at radius 3 is 2.23 bits per heavy atom. The number of phenolic OH excluding ortho intramolecular Hbond substituents is 1. The molecule has 3 saturated heterocycles. The molecule has 2 aromatic carbocycles. The van der Waals surface area contributed by atoms with Crippen molar-refractivity contribution in [2.75, 3.05) is 20.1 Å². The van der Waals surface area contributed by atoms with Gasteiger partial charge < -0.3 is 40.7 Å². The van der Waals surface area contributed by atoms with Gasteiger partial charge >= 0.3 is 11.9 Å². The standard InChI is InChI=1S/C31H39N5O5.C21H30O2.C18H23FO2.C4H4O4/c1-16(2)26-28(38)35-11-7-10-24(35)31(40)36(26)29(39)30(41-31,17(3)4)33-27(37)19-12-21-20-8-6-9-22-25(20)18(14-32-22)13-23(21)34(5)15-19;1-13(22)17-6-7-18-16-5-4-14-12-15(23)8-10-20(14,2)19(16)9-11-21(17,18)3;1-18-9-8-11-10-4-6-15(20)17(19)13(10)3-2-12(11)14(18)5-7-16(18)21;5-3(6)1-2-4(7)8/h6,8-9,12,14,16-17,19,23-24,26,32,40H,7,10-11,13,15H2,1-5H3,(H,33,37);12,16-19H,4-11H2,1-3H3;4,6,11-12,14,16,20-21H,2-3,5,7-9H2,1H3;1-2H,(H,5,6)(H,7,8)/b;;;2-1-/t19-,23-,24+,26-,30-,31+;16-,17+,18-,19-,20-,21+;11-,12-,14+,16+,18+;/m101./s1. The van der Waals surface area contributed by atoms with E-state index < -0.39 is 59.2 Å². The number of benzene rings is 2. The molecule has 7 N–H and O–H groups in total. The number of ketones is 2. The number of carboxylic acid groups (broad SMARTS) is 2. The Bertz CT molecular complexity index is 3610. The highest BCUT2D eigenvalue weighted by molar-refractivity contribution is 6.01. The number of amides is 3. The number of piperazine rings is 1. The van der Waals surface area contributed by atoms with Crippen LogP contribution in [-0.4, -0.2) is 142 Å². The third-order valence-corrected chi connectivity index (χ3v) is 25.6. The number of hydrogen-bond donors (Lipinski definition) is 7. The highest BCUT2D eigenvalue weighted by Crippen LogP contribution is 2.67. The van der Waals surface area contributed by atoms with E-state index in [1.54, 1.807) is 25.7 Å². The summed E-state index contributed by atoms with van der Waals surface area (Å²) in [6.07, 6.45) is 23.9.